The fraction of sp³-hybridized carbons (Fsp3) is 0.667. The summed E-state index contributed by atoms with van der Waals surface area (Å²) in [5, 5.41) is 2.95. The minimum atomic E-state index is -2.89. The number of unbranched alkanes of at least 4 members (excludes halogenated alkanes) is 3. The van der Waals surface area contributed by atoms with Crippen molar-refractivity contribution in [1.82, 2.24) is 4.98 Å². The Bertz CT molecular complexity index is 646. The van der Waals surface area contributed by atoms with E-state index in [-0.39, 0.29) is 16.6 Å². The van der Waals surface area contributed by atoms with Crippen LogP contribution in [-0.2, 0) is 9.53 Å². The third kappa shape index (κ3) is 6.90. The molecule has 0 radical (unpaired) electrons. The molecule has 1 rings (SSSR count). The summed E-state index contributed by atoms with van der Waals surface area (Å²) in [4.78, 5) is 28.8. The van der Waals surface area contributed by atoms with Crippen LogP contribution in [0.5, 0.6) is 0 Å². The Morgan fingerprint density at radius 1 is 1.07 bits per heavy atom. The molecule has 0 bridgehead atoms. The Kier molecular flexibility index (Phi) is 11.4. The number of rotatable bonds is 12. The van der Waals surface area contributed by atoms with Crippen molar-refractivity contribution in [2.24, 2.45) is 0 Å². The van der Waals surface area contributed by atoms with Crippen LogP contribution in [-0.4, -0.2) is 42.3 Å². The van der Waals surface area contributed by atoms with E-state index in [9.17, 15) is 9.59 Å². The summed E-state index contributed by atoms with van der Waals surface area (Å²) in [7, 11) is 1.33. The van der Waals surface area contributed by atoms with Gasteiger partial charge in [0.1, 0.15) is 0 Å². The predicted molar refractivity (Wildman–Crippen MR) is 119 cm³/mol. The molecule has 0 atom stereocenters. The van der Waals surface area contributed by atoms with Crippen molar-refractivity contribution >= 4 is 51.3 Å². The number of carbonyl (C=O) groups is 2. The van der Waals surface area contributed by atoms with Crippen LogP contribution in [0.15, 0.2) is 6.07 Å². The average molecular weight is 518 g/mol. The van der Waals surface area contributed by atoms with Gasteiger partial charge >= 0.3 is 179 Å². The van der Waals surface area contributed by atoms with E-state index in [1.54, 1.807) is 0 Å². The average Bonchev–Trinajstić information content (AvgIpc) is 2.68. The van der Waals surface area contributed by atoms with Crippen LogP contribution < -0.4 is 9.03 Å². The molecule has 1 aromatic rings. The third-order valence-corrected chi connectivity index (χ3v) is 20.7. The van der Waals surface area contributed by atoms with Gasteiger partial charge in [-0.2, -0.15) is 0 Å². The number of pyridine rings is 1. The van der Waals surface area contributed by atoms with E-state index >= 15 is 0 Å². The normalized spacial score (nSPS) is 11.4. The van der Waals surface area contributed by atoms with Gasteiger partial charge in [0.15, 0.2) is 0 Å². The number of methoxy groups -OCH3 is 1. The van der Waals surface area contributed by atoms with Crippen molar-refractivity contribution in [1.29, 1.82) is 0 Å². The number of nitrogens with one attached hydrogen (secondary N) is 1. The van der Waals surface area contributed by atoms with Gasteiger partial charge in [-0.25, -0.2) is 0 Å². The standard InChI is InChI=1S/C9H8ClN2O3.3C4H9.Sn/c1-5(13)12-6-3-4-11-8(7(6)10)9(14)15-2;3*1-3-4-2;/h3H,1-2H3,(H,11,12,13);3*1,3-4H2,2H3;. The first-order valence-electron chi connectivity index (χ1n) is 10.4. The van der Waals surface area contributed by atoms with E-state index in [0.717, 1.165) is 23.0 Å². The van der Waals surface area contributed by atoms with Gasteiger partial charge in [0, 0.05) is 0 Å². The molecule has 1 heterocycles. The van der Waals surface area contributed by atoms with Crippen LogP contribution in [0.4, 0.5) is 5.69 Å². The molecule has 0 aliphatic carbocycles. The predicted octanol–water partition coefficient (Wildman–Crippen LogP) is 5.54. The van der Waals surface area contributed by atoms with E-state index in [0.29, 0.717) is 5.69 Å². The van der Waals surface area contributed by atoms with E-state index in [4.69, 9.17) is 21.3 Å². The zero-order valence-corrected chi connectivity index (χ0v) is 21.6. The second-order valence-corrected chi connectivity index (χ2v) is 20.9. The summed E-state index contributed by atoms with van der Waals surface area (Å²) >= 11 is 3.52. The Morgan fingerprint density at radius 3 is 1.96 bits per heavy atom. The number of aromatic nitrogens is 1. The maximum absolute atomic E-state index is 12.3. The van der Waals surface area contributed by atoms with Crippen LogP contribution in [0, 0.1) is 0 Å². The van der Waals surface area contributed by atoms with Gasteiger partial charge in [-0.1, -0.05) is 0 Å². The van der Waals surface area contributed by atoms with E-state index < -0.39 is 24.3 Å². The Hall–Kier alpha value is -0.821. The molecular weight excluding hydrogens is 482 g/mol. The van der Waals surface area contributed by atoms with Crippen molar-refractivity contribution in [3.8, 4) is 0 Å². The summed E-state index contributed by atoms with van der Waals surface area (Å²) in [6.45, 7) is 8.09. The van der Waals surface area contributed by atoms with Gasteiger partial charge in [0.2, 0.25) is 0 Å². The zero-order chi connectivity index (χ0) is 21.2. The SMILES string of the molecule is CCC[CH2][Sn]([CH2]CCC)([CH2]CCC)[c]1cc(NC(C)=O)c(Cl)c(C(=O)OC)n1. The number of anilines is 1. The van der Waals surface area contributed by atoms with Crippen molar-refractivity contribution in [3.63, 3.8) is 0 Å². The topological polar surface area (TPSA) is 68.3 Å². The van der Waals surface area contributed by atoms with Crippen LogP contribution in [0.2, 0.25) is 18.3 Å². The Balaban J connectivity index is 3.61. The van der Waals surface area contributed by atoms with Crippen molar-refractivity contribution in [3.05, 3.63) is 16.8 Å². The number of hydrogen-bond donors (Lipinski definition) is 1. The summed E-state index contributed by atoms with van der Waals surface area (Å²) < 4.78 is 9.58. The van der Waals surface area contributed by atoms with E-state index in [1.807, 2.05) is 6.07 Å². The fourth-order valence-electron chi connectivity index (χ4n) is 3.62. The molecule has 5 nitrogen and oxygen atoms in total. The molecule has 0 saturated heterocycles. The molecule has 158 valence electrons. The third-order valence-electron chi connectivity index (χ3n) is 5.22. The fourth-order valence-corrected chi connectivity index (χ4v) is 19.3. The first-order valence-corrected chi connectivity index (χ1v) is 18.3. The second-order valence-electron chi connectivity index (χ2n) is 7.48. The number of hydrogen-bond acceptors (Lipinski definition) is 4. The van der Waals surface area contributed by atoms with Crippen molar-refractivity contribution < 1.29 is 14.3 Å². The number of carbonyl (C=O) groups excluding carboxylic acids is 2. The van der Waals surface area contributed by atoms with Gasteiger partial charge in [-0.05, 0) is 0 Å². The number of amides is 1. The van der Waals surface area contributed by atoms with Crippen LogP contribution in [0.1, 0.15) is 76.7 Å². The molecule has 0 aliphatic heterocycles. The number of ether oxygens (including phenoxy) is 1. The van der Waals surface area contributed by atoms with Crippen LogP contribution in [0.3, 0.4) is 0 Å². The molecule has 1 amide bonds. The minimum absolute atomic E-state index is 0.121. The number of esters is 1. The molecule has 0 spiro atoms. The summed E-state index contributed by atoms with van der Waals surface area (Å²) in [5.41, 5.74) is 0.598. The molecule has 1 N–H and O–H groups in total. The molecule has 0 unspecified atom stereocenters. The molecule has 1 aromatic heterocycles. The van der Waals surface area contributed by atoms with Crippen molar-refractivity contribution in [2.75, 3.05) is 12.4 Å². The van der Waals surface area contributed by atoms with Crippen molar-refractivity contribution in [2.45, 2.75) is 79.5 Å². The molecule has 0 aromatic carbocycles. The molecule has 7 heteroatoms. The van der Waals surface area contributed by atoms with Crippen LogP contribution in [0.25, 0.3) is 0 Å². The summed E-state index contributed by atoms with van der Waals surface area (Å²) in [5.74, 6) is -0.772. The summed E-state index contributed by atoms with van der Waals surface area (Å²) in [6.07, 6.45) is 6.97. The van der Waals surface area contributed by atoms with Gasteiger partial charge in [0.05, 0.1) is 0 Å². The molecular formula is C21H35ClN2O3Sn. The zero-order valence-electron chi connectivity index (χ0n) is 18.0. The quantitative estimate of drug-likeness (QED) is 0.292. The second kappa shape index (κ2) is 12.7. The molecule has 0 aliphatic rings. The molecule has 0 fully saturated rings. The van der Waals surface area contributed by atoms with E-state index in [2.05, 4.69) is 26.1 Å². The van der Waals surface area contributed by atoms with Gasteiger partial charge in [0.25, 0.3) is 0 Å². The first kappa shape index (κ1) is 25.2. The van der Waals surface area contributed by atoms with Gasteiger partial charge in [-0.3, -0.25) is 0 Å². The first-order chi connectivity index (χ1) is 13.3. The van der Waals surface area contributed by atoms with Gasteiger partial charge in [-0.15, -0.1) is 0 Å². The number of halogens is 1. The summed E-state index contributed by atoms with van der Waals surface area (Å²) in [6, 6.07) is 1.95. The molecule has 0 saturated carbocycles. The van der Waals surface area contributed by atoms with E-state index in [1.165, 1.54) is 46.6 Å². The maximum atomic E-state index is 12.3. The molecule has 28 heavy (non-hydrogen) atoms. The monoisotopic (exact) mass is 518 g/mol. The van der Waals surface area contributed by atoms with Crippen LogP contribution >= 0.6 is 11.6 Å². The van der Waals surface area contributed by atoms with Gasteiger partial charge < -0.3 is 0 Å². The number of nitrogens with zero attached hydrogens (tertiary/aromatic N) is 1. The Labute approximate surface area is 178 Å². The Morgan fingerprint density at radius 2 is 1.57 bits per heavy atom.